The van der Waals surface area contributed by atoms with Gasteiger partial charge in [0.05, 0.1) is 8.96 Å². The van der Waals surface area contributed by atoms with Gasteiger partial charge in [-0.25, -0.2) is 0 Å². The number of nitrogens with one attached hydrogen (secondary N) is 1. The van der Waals surface area contributed by atoms with E-state index in [1.807, 2.05) is 0 Å². The zero-order valence-electron chi connectivity index (χ0n) is 2.99. The molecule has 5 heavy (non-hydrogen) atoms. The third-order valence-corrected chi connectivity index (χ3v) is 0.837. The maximum atomic E-state index is 4.59. The first-order valence-electron chi connectivity index (χ1n) is 1.15. The monoisotopic (exact) mass is 111 g/mol. The molecule has 0 aromatic heterocycles. The molecule has 0 aliphatic heterocycles. The Morgan fingerprint density at radius 1 is 2.00 bits per heavy atom. The van der Waals surface area contributed by atoms with Crippen LogP contribution in [0.1, 0.15) is 0 Å². The fourth-order valence-electron chi connectivity index (χ4n) is 0.0589. The predicted molar refractivity (Wildman–Crippen MR) is 28.2 cm³/mol. The smallest absolute Gasteiger partial charge is 0.0889 e. The topological polar surface area (TPSA) is 21.3 Å². The zero-order valence-corrected chi connectivity index (χ0v) is 5.14. The number of rotatable bonds is 2. The second-order valence-electron chi connectivity index (χ2n) is 0.451. The van der Waals surface area contributed by atoms with Crippen molar-refractivity contribution in [3.63, 3.8) is 0 Å². The number of hydrogen-bond donors (Lipinski definition) is 1. The summed E-state index contributed by atoms with van der Waals surface area (Å²) in [6.45, 7) is 0. The van der Waals surface area contributed by atoms with Crippen LogP contribution in [0.2, 0.25) is 0 Å². The average molecular weight is 111 g/mol. The first kappa shape index (κ1) is 5.78. The van der Waals surface area contributed by atoms with Gasteiger partial charge in [0.2, 0.25) is 0 Å². The fraction of sp³-hybridized carbons (Fsp3) is 1.00. The lowest BCUT2D eigenvalue weighted by Crippen LogP contribution is -1.73. The first-order chi connectivity index (χ1) is 2.41. The lowest BCUT2D eigenvalue weighted by Gasteiger charge is -1.87. The van der Waals surface area contributed by atoms with E-state index in [0.29, 0.717) is 8.96 Å². The summed E-state index contributed by atoms with van der Waals surface area (Å²) in [5, 5.41) is 0. The molecule has 0 saturated carbocycles. The average Bonchev–Trinajstić information content (AvgIpc) is 1.41. The molecule has 0 rings (SSSR count). The van der Waals surface area contributed by atoms with Gasteiger partial charge in [-0.15, -0.1) is 0 Å². The molecular weight excluding hydrogens is 104 g/mol. The van der Waals surface area contributed by atoms with Crippen molar-refractivity contribution in [3.05, 3.63) is 0 Å². The van der Waals surface area contributed by atoms with Gasteiger partial charge in [0.1, 0.15) is 0 Å². The van der Waals surface area contributed by atoms with Crippen LogP contribution in [-0.4, -0.2) is 7.11 Å². The minimum Gasteiger partial charge on any atom is -0.349 e. The first-order valence-corrected chi connectivity index (χ1v) is 2.64. The molecule has 0 aromatic rings. The van der Waals surface area contributed by atoms with Crippen LogP contribution in [0.5, 0.6) is 0 Å². The molecular formula is CH7NOP2. The van der Waals surface area contributed by atoms with Gasteiger partial charge in [-0.05, 0) is 0 Å². The summed E-state index contributed by atoms with van der Waals surface area (Å²) in [7, 11) is 4.40. The van der Waals surface area contributed by atoms with Crippen LogP contribution in [0.25, 0.3) is 0 Å². The molecule has 0 radical (unpaired) electrons. The quantitative estimate of drug-likeness (QED) is 0.524. The van der Waals surface area contributed by atoms with E-state index in [-0.39, 0.29) is 0 Å². The number of hydrogen-bond acceptors (Lipinski definition) is 2. The van der Waals surface area contributed by atoms with Gasteiger partial charge >= 0.3 is 0 Å². The van der Waals surface area contributed by atoms with Crippen LogP contribution in [-0.2, 0) is 4.52 Å². The van der Waals surface area contributed by atoms with Crippen LogP contribution >= 0.6 is 18.3 Å². The minimum atomic E-state index is 0.410. The summed E-state index contributed by atoms with van der Waals surface area (Å²) in [4.78, 5) is 2.74. The molecule has 32 valence electrons. The van der Waals surface area contributed by atoms with E-state index in [4.69, 9.17) is 0 Å². The molecule has 0 fully saturated rings. The van der Waals surface area contributed by atoms with E-state index in [1.165, 1.54) is 0 Å². The Labute approximate surface area is 35.8 Å². The van der Waals surface area contributed by atoms with E-state index >= 15 is 0 Å². The Morgan fingerprint density at radius 2 is 2.60 bits per heavy atom. The van der Waals surface area contributed by atoms with Crippen molar-refractivity contribution in [2.45, 2.75) is 0 Å². The highest BCUT2D eigenvalue weighted by Crippen LogP contribution is 2.02. The van der Waals surface area contributed by atoms with Crippen LogP contribution in [0.3, 0.4) is 0 Å². The molecule has 2 atom stereocenters. The summed E-state index contributed by atoms with van der Waals surface area (Å²) in [6.07, 6.45) is 0. The second-order valence-corrected chi connectivity index (χ2v) is 2.22. The van der Waals surface area contributed by atoms with Crippen molar-refractivity contribution in [2.24, 2.45) is 0 Å². The van der Waals surface area contributed by atoms with Crippen molar-refractivity contribution in [1.29, 1.82) is 0 Å². The highest BCUT2D eigenvalue weighted by atomic mass is 31.1. The summed E-state index contributed by atoms with van der Waals surface area (Å²) in [5.41, 5.74) is 0. The zero-order chi connectivity index (χ0) is 4.12. The molecule has 2 nitrogen and oxygen atoms in total. The molecule has 0 bridgehead atoms. The molecule has 0 aliphatic rings. The Hall–Kier alpha value is 0.780. The summed E-state index contributed by atoms with van der Waals surface area (Å²) in [5.74, 6) is 0. The lowest BCUT2D eigenvalue weighted by atomic mass is 11.8. The molecule has 0 saturated heterocycles. The molecule has 0 aliphatic carbocycles. The van der Waals surface area contributed by atoms with E-state index in [2.05, 4.69) is 18.8 Å². The second kappa shape index (κ2) is 4.78. The van der Waals surface area contributed by atoms with Gasteiger partial charge in [0.15, 0.2) is 0 Å². The third kappa shape index (κ3) is 4.78. The molecule has 0 aromatic carbocycles. The Balaban J connectivity index is 2.19. The lowest BCUT2D eigenvalue weighted by molar-refractivity contribution is 0.474. The van der Waals surface area contributed by atoms with Crippen molar-refractivity contribution in [2.75, 3.05) is 7.11 Å². The van der Waals surface area contributed by atoms with Crippen molar-refractivity contribution >= 4 is 18.3 Å². The summed E-state index contributed by atoms with van der Waals surface area (Å²) in [6, 6.07) is 0. The van der Waals surface area contributed by atoms with Crippen molar-refractivity contribution in [1.82, 2.24) is 4.86 Å². The van der Waals surface area contributed by atoms with Crippen LogP contribution in [0.15, 0.2) is 0 Å². The molecule has 0 heterocycles. The Morgan fingerprint density at radius 3 is 2.60 bits per heavy atom. The van der Waals surface area contributed by atoms with E-state index < -0.39 is 0 Å². The molecule has 4 heteroatoms. The fourth-order valence-corrected chi connectivity index (χ4v) is 0.530. The third-order valence-electron chi connectivity index (χ3n) is 0.161. The van der Waals surface area contributed by atoms with E-state index in [9.17, 15) is 0 Å². The molecule has 0 amide bonds. The van der Waals surface area contributed by atoms with Gasteiger partial charge < -0.3 is 4.52 Å². The summed E-state index contributed by atoms with van der Waals surface area (Å²) < 4.78 is 4.59. The molecule has 0 spiro atoms. The van der Waals surface area contributed by atoms with Gasteiger partial charge in [0.25, 0.3) is 0 Å². The summed E-state index contributed by atoms with van der Waals surface area (Å²) >= 11 is 0. The van der Waals surface area contributed by atoms with Crippen LogP contribution in [0.4, 0.5) is 0 Å². The molecule has 1 N–H and O–H groups in total. The van der Waals surface area contributed by atoms with Crippen LogP contribution in [0, 0.1) is 0 Å². The van der Waals surface area contributed by atoms with Crippen molar-refractivity contribution in [3.8, 4) is 0 Å². The highest BCUT2D eigenvalue weighted by molar-refractivity contribution is 7.40. The Bertz CT molecular complexity index is 17.1. The largest absolute Gasteiger partial charge is 0.349 e. The predicted octanol–water partition coefficient (Wildman–Crippen LogP) is 0.521. The minimum absolute atomic E-state index is 0.410. The molecule has 2 unspecified atom stereocenters. The van der Waals surface area contributed by atoms with E-state index in [1.54, 1.807) is 7.11 Å². The maximum Gasteiger partial charge on any atom is 0.0889 e. The van der Waals surface area contributed by atoms with Gasteiger partial charge in [-0.2, -0.15) is 0 Å². The standard InChI is InChI=1S/CH7NOP2/c1-3-5-2-4/h2,5H,4H2,1H3. The highest BCUT2D eigenvalue weighted by Gasteiger charge is 1.62. The maximum absolute atomic E-state index is 4.59. The Kier molecular flexibility index (Phi) is 5.53. The van der Waals surface area contributed by atoms with Crippen molar-refractivity contribution < 1.29 is 4.52 Å². The van der Waals surface area contributed by atoms with Crippen LogP contribution < -0.4 is 4.86 Å². The van der Waals surface area contributed by atoms with Gasteiger partial charge in [-0.1, -0.05) is 9.39 Å². The van der Waals surface area contributed by atoms with Gasteiger partial charge in [0, 0.05) is 7.11 Å². The van der Waals surface area contributed by atoms with E-state index in [0.717, 1.165) is 0 Å². The van der Waals surface area contributed by atoms with Gasteiger partial charge in [-0.3, -0.25) is 4.86 Å². The normalized spacial score (nSPS) is 10.8. The SMILES string of the molecule is COPNP.